The lowest BCUT2D eigenvalue weighted by molar-refractivity contribution is -0.689. The molecule has 0 atom stereocenters. The van der Waals surface area contributed by atoms with Crippen LogP contribution in [0.25, 0.3) is 0 Å². The van der Waals surface area contributed by atoms with Gasteiger partial charge in [-0.15, -0.1) is 0 Å². The van der Waals surface area contributed by atoms with Crippen LogP contribution < -0.4 is 9.13 Å². The van der Waals surface area contributed by atoms with Gasteiger partial charge in [-0.05, 0) is 36.8 Å². The van der Waals surface area contributed by atoms with E-state index < -0.39 is 0 Å². The van der Waals surface area contributed by atoms with Crippen LogP contribution >= 0.6 is 0 Å². The van der Waals surface area contributed by atoms with E-state index in [2.05, 4.69) is 96.3 Å². The van der Waals surface area contributed by atoms with Crippen molar-refractivity contribution >= 4 is 0 Å². The maximum atomic E-state index is 2.27. The van der Waals surface area contributed by atoms with Gasteiger partial charge >= 0.3 is 0 Å². The highest BCUT2D eigenvalue weighted by atomic mass is 14.9. The maximum absolute atomic E-state index is 2.27. The molecule has 2 heteroatoms. The fourth-order valence-electron chi connectivity index (χ4n) is 3.85. The van der Waals surface area contributed by atoms with Gasteiger partial charge in [-0.2, -0.15) is 0 Å². The highest BCUT2D eigenvalue weighted by Gasteiger charge is 2.06. The second-order valence-electron chi connectivity index (χ2n) is 8.49. The van der Waals surface area contributed by atoms with E-state index in [4.69, 9.17) is 0 Å². The minimum absolute atomic E-state index is 0.926. The SMILES string of the molecule is CCCCCc1cc[n+](Cc2ccc(C[n+]3ccc(CCCCC)cc3)cc2)cc1. The molecule has 0 bridgehead atoms. The van der Waals surface area contributed by atoms with Gasteiger partial charge in [0.25, 0.3) is 0 Å². The Morgan fingerprint density at radius 1 is 0.467 bits per heavy atom. The standard InChI is InChI=1S/C28H38N2/c1-3-5-7-9-25-15-19-29(20-16-25)23-27-11-13-28(14-12-27)24-30-21-17-26(18-22-30)10-8-6-4-2/h11-22H,3-10,23-24H2,1-2H3/q+2. The van der Waals surface area contributed by atoms with Crippen molar-refractivity contribution in [2.45, 2.75) is 78.3 Å². The molecular formula is C28H38N2+2. The third kappa shape index (κ3) is 7.40. The highest BCUT2D eigenvalue weighted by molar-refractivity contribution is 5.21. The summed E-state index contributed by atoms with van der Waals surface area (Å²) in [6, 6.07) is 18.1. The van der Waals surface area contributed by atoms with E-state index in [1.807, 2.05) is 0 Å². The van der Waals surface area contributed by atoms with Crippen molar-refractivity contribution in [2.24, 2.45) is 0 Å². The first-order valence-corrected chi connectivity index (χ1v) is 11.8. The van der Waals surface area contributed by atoms with Crippen molar-refractivity contribution in [2.75, 3.05) is 0 Å². The lowest BCUT2D eigenvalue weighted by Crippen LogP contribution is -2.34. The Kier molecular flexibility index (Phi) is 9.08. The Bertz CT molecular complexity index is 774. The number of nitrogens with zero attached hydrogens (tertiary/aromatic N) is 2. The summed E-state index contributed by atoms with van der Waals surface area (Å²) in [4.78, 5) is 0. The van der Waals surface area contributed by atoms with Crippen molar-refractivity contribution in [3.8, 4) is 0 Å². The van der Waals surface area contributed by atoms with Crippen LogP contribution in [0, 0.1) is 0 Å². The van der Waals surface area contributed by atoms with Crippen LogP contribution in [0.2, 0.25) is 0 Å². The molecule has 0 aliphatic carbocycles. The lowest BCUT2D eigenvalue weighted by atomic mass is 10.1. The van der Waals surface area contributed by atoms with Crippen LogP contribution in [0.3, 0.4) is 0 Å². The van der Waals surface area contributed by atoms with Crippen LogP contribution in [-0.4, -0.2) is 0 Å². The number of hydrogen-bond donors (Lipinski definition) is 0. The van der Waals surface area contributed by atoms with Crippen LogP contribution in [0.1, 0.15) is 74.6 Å². The number of aromatic nitrogens is 2. The molecule has 3 rings (SSSR count). The number of benzene rings is 1. The Labute approximate surface area is 183 Å². The minimum atomic E-state index is 0.926. The van der Waals surface area contributed by atoms with Crippen molar-refractivity contribution < 1.29 is 9.13 Å². The van der Waals surface area contributed by atoms with Gasteiger partial charge < -0.3 is 0 Å². The van der Waals surface area contributed by atoms with Gasteiger partial charge in [0.1, 0.15) is 0 Å². The number of hydrogen-bond acceptors (Lipinski definition) is 0. The van der Waals surface area contributed by atoms with Gasteiger partial charge in [0, 0.05) is 35.4 Å². The van der Waals surface area contributed by atoms with E-state index in [9.17, 15) is 0 Å². The molecule has 0 aliphatic rings. The molecule has 0 amide bonds. The van der Waals surface area contributed by atoms with E-state index >= 15 is 0 Å². The zero-order valence-corrected chi connectivity index (χ0v) is 18.9. The van der Waals surface area contributed by atoms with Crippen LogP contribution in [0.15, 0.2) is 73.3 Å². The molecule has 0 spiro atoms. The topological polar surface area (TPSA) is 7.76 Å². The van der Waals surface area contributed by atoms with Crippen molar-refractivity contribution in [3.05, 3.63) is 95.6 Å². The van der Waals surface area contributed by atoms with E-state index in [0.29, 0.717) is 0 Å². The molecule has 0 saturated heterocycles. The first kappa shape index (κ1) is 22.2. The molecule has 0 unspecified atom stereocenters. The third-order valence-electron chi connectivity index (χ3n) is 5.81. The van der Waals surface area contributed by atoms with Crippen LogP contribution in [0.5, 0.6) is 0 Å². The second-order valence-corrected chi connectivity index (χ2v) is 8.49. The molecule has 0 N–H and O–H groups in total. The Morgan fingerprint density at radius 2 is 0.833 bits per heavy atom. The highest BCUT2D eigenvalue weighted by Crippen LogP contribution is 2.08. The normalized spacial score (nSPS) is 11.0. The molecule has 2 aromatic heterocycles. The average molecular weight is 403 g/mol. The Hall–Kier alpha value is -2.48. The zero-order valence-electron chi connectivity index (χ0n) is 18.9. The largest absolute Gasteiger partial charge is 0.201 e. The molecule has 2 nitrogen and oxygen atoms in total. The monoisotopic (exact) mass is 402 g/mol. The molecule has 2 heterocycles. The van der Waals surface area contributed by atoms with Crippen molar-refractivity contribution in [1.29, 1.82) is 0 Å². The quantitative estimate of drug-likeness (QED) is 0.266. The molecule has 0 saturated carbocycles. The summed E-state index contributed by atoms with van der Waals surface area (Å²) >= 11 is 0. The molecule has 0 fully saturated rings. The lowest BCUT2D eigenvalue weighted by Gasteiger charge is -2.03. The fraction of sp³-hybridized carbons (Fsp3) is 0.429. The molecule has 30 heavy (non-hydrogen) atoms. The van der Waals surface area contributed by atoms with E-state index in [1.54, 1.807) is 0 Å². The van der Waals surface area contributed by atoms with Crippen LogP contribution in [-0.2, 0) is 25.9 Å². The second kappa shape index (κ2) is 12.3. The average Bonchev–Trinajstić information content (AvgIpc) is 2.78. The predicted octanol–water partition coefficient (Wildman–Crippen LogP) is 5.82. The number of aryl methyl sites for hydroxylation is 2. The van der Waals surface area contributed by atoms with Crippen molar-refractivity contribution in [1.82, 2.24) is 0 Å². The fourth-order valence-corrected chi connectivity index (χ4v) is 3.85. The summed E-state index contributed by atoms with van der Waals surface area (Å²) in [6.45, 7) is 6.37. The maximum Gasteiger partial charge on any atom is 0.173 e. The first-order valence-electron chi connectivity index (χ1n) is 11.8. The van der Waals surface area contributed by atoms with Gasteiger partial charge in [-0.3, -0.25) is 0 Å². The zero-order chi connectivity index (χ0) is 21.0. The molecule has 0 aliphatic heterocycles. The van der Waals surface area contributed by atoms with E-state index in [-0.39, 0.29) is 0 Å². The number of unbranched alkanes of at least 4 members (excludes halogenated alkanes) is 4. The number of rotatable bonds is 12. The molecule has 3 aromatic rings. The van der Waals surface area contributed by atoms with Gasteiger partial charge in [-0.1, -0.05) is 63.8 Å². The minimum Gasteiger partial charge on any atom is -0.201 e. The summed E-state index contributed by atoms with van der Waals surface area (Å²) in [5.74, 6) is 0. The van der Waals surface area contributed by atoms with Gasteiger partial charge in [0.2, 0.25) is 0 Å². The third-order valence-corrected chi connectivity index (χ3v) is 5.81. The summed E-state index contributed by atoms with van der Waals surface area (Å²) in [6.07, 6.45) is 19.0. The molecule has 158 valence electrons. The Morgan fingerprint density at radius 3 is 1.17 bits per heavy atom. The van der Waals surface area contributed by atoms with E-state index in [0.717, 1.165) is 13.1 Å². The van der Waals surface area contributed by atoms with Gasteiger partial charge in [-0.25, -0.2) is 9.13 Å². The molecule has 0 radical (unpaired) electrons. The summed E-state index contributed by atoms with van der Waals surface area (Å²) in [5, 5.41) is 0. The smallest absolute Gasteiger partial charge is 0.173 e. The van der Waals surface area contributed by atoms with Crippen LogP contribution in [0.4, 0.5) is 0 Å². The summed E-state index contributed by atoms with van der Waals surface area (Å²) < 4.78 is 4.54. The summed E-state index contributed by atoms with van der Waals surface area (Å²) in [7, 11) is 0. The van der Waals surface area contributed by atoms with Gasteiger partial charge in [0.05, 0.1) is 0 Å². The Balaban J connectivity index is 1.50. The molecular weight excluding hydrogens is 364 g/mol. The first-order chi connectivity index (χ1) is 14.8. The number of pyridine rings is 2. The molecule has 1 aromatic carbocycles. The van der Waals surface area contributed by atoms with E-state index in [1.165, 1.54) is 73.6 Å². The predicted molar refractivity (Wildman–Crippen MR) is 124 cm³/mol. The summed E-state index contributed by atoms with van der Waals surface area (Å²) in [5.41, 5.74) is 5.59. The van der Waals surface area contributed by atoms with Crippen molar-refractivity contribution in [3.63, 3.8) is 0 Å². The van der Waals surface area contributed by atoms with Gasteiger partial charge in [0.15, 0.2) is 37.9 Å².